The Morgan fingerprint density at radius 3 is 2.00 bits per heavy atom. The van der Waals surface area contributed by atoms with Crippen molar-refractivity contribution in [1.82, 2.24) is 4.90 Å². The van der Waals surface area contributed by atoms with Crippen LogP contribution in [0.5, 0.6) is 0 Å². The Hall–Kier alpha value is -2.80. The number of nitrogens with two attached hydrogens (primary N) is 1. The number of ether oxygens (including phenoxy) is 1. The van der Waals surface area contributed by atoms with Crippen molar-refractivity contribution in [3.05, 3.63) is 59.9 Å². The second-order valence-electron chi connectivity index (χ2n) is 7.39. The molecule has 154 valence electrons. The summed E-state index contributed by atoms with van der Waals surface area (Å²) in [7, 11) is 0. The SMILES string of the molecule is NC(=NCc1ccc(N2CCOCC2)cc1)N1CCN(c2ccc(F)cc2)CC1. The summed E-state index contributed by atoms with van der Waals surface area (Å²) < 4.78 is 18.5. The Bertz CT molecular complexity index is 810. The van der Waals surface area contributed by atoms with Crippen molar-refractivity contribution < 1.29 is 9.13 Å². The largest absolute Gasteiger partial charge is 0.378 e. The fourth-order valence-electron chi connectivity index (χ4n) is 3.75. The molecule has 29 heavy (non-hydrogen) atoms. The summed E-state index contributed by atoms with van der Waals surface area (Å²) in [5, 5.41) is 0. The van der Waals surface area contributed by atoms with Gasteiger partial charge in [-0.05, 0) is 42.0 Å². The zero-order valence-electron chi connectivity index (χ0n) is 16.6. The first-order valence-corrected chi connectivity index (χ1v) is 10.2. The number of guanidine groups is 1. The summed E-state index contributed by atoms with van der Waals surface area (Å²) >= 11 is 0. The molecule has 0 aromatic heterocycles. The molecule has 0 atom stereocenters. The predicted molar refractivity (Wildman–Crippen MR) is 115 cm³/mol. The number of morpholine rings is 1. The lowest BCUT2D eigenvalue weighted by Gasteiger charge is -2.36. The molecule has 2 fully saturated rings. The van der Waals surface area contributed by atoms with Crippen LogP contribution in [0.2, 0.25) is 0 Å². The molecule has 2 aromatic rings. The molecule has 0 saturated carbocycles. The summed E-state index contributed by atoms with van der Waals surface area (Å²) in [6.07, 6.45) is 0. The minimum atomic E-state index is -0.207. The third-order valence-electron chi connectivity index (χ3n) is 5.53. The van der Waals surface area contributed by atoms with Crippen molar-refractivity contribution in [2.24, 2.45) is 10.7 Å². The average Bonchev–Trinajstić information content (AvgIpc) is 2.79. The normalized spacial score (nSPS) is 18.2. The zero-order valence-corrected chi connectivity index (χ0v) is 16.6. The highest BCUT2D eigenvalue weighted by atomic mass is 19.1. The Morgan fingerprint density at radius 1 is 0.828 bits per heavy atom. The minimum absolute atomic E-state index is 0.207. The van der Waals surface area contributed by atoms with E-state index >= 15 is 0 Å². The molecule has 7 heteroatoms. The molecule has 4 rings (SSSR count). The highest BCUT2D eigenvalue weighted by molar-refractivity contribution is 5.78. The van der Waals surface area contributed by atoms with Crippen molar-refractivity contribution in [3.63, 3.8) is 0 Å². The summed E-state index contributed by atoms with van der Waals surface area (Å²) in [6.45, 7) is 7.33. The number of piperazine rings is 1. The summed E-state index contributed by atoms with van der Waals surface area (Å²) in [4.78, 5) is 11.3. The van der Waals surface area contributed by atoms with E-state index in [0.717, 1.165) is 63.7 Å². The first-order valence-electron chi connectivity index (χ1n) is 10.2. The van der Waals surface area contributed by atoms with Gasteiger partial charge in [-0.1, -0.05) is 12.1 Å². The van der Waals surface area contributed by atoms with E-state index < -0.39 is 0 Å². The number of halogens is 1. The smallest absolute Gasteiger partial charge is 0.191 e. The van der Waals surface area contributed by atoms with Crippen LogP contribution in [0.3, 0.4) is 0 Å². The van der Waals surface area contributed by atoms with E-state index in [9.17, 15) is 4.39 Å². The van der Waals surface area contributed by atoms with E-state index in [1.807, 2.05) is 12.1 Å². The van der Waals surface area contributed by atoms with E-state index in [-0.39, 0.29) is 5.82 Å². The molecule has 0 amide bonds. The third-order valence-corrected chi connectivity index (χ3v) is 5.53. The van der Waals surface area contributed by atoms with Gasteiger partial charge >= 0.3 is 0 Å². The number of benzene rings is 2. The van der Waals surface area contributed by atoms with Crippen molar-refractivity contribution in [2.45, 2.75) is 6.54 Å². The average molecular weight is 397 g/mol. The van der Waals surface area contributed by atoms with Gasteiger partial charge in [0.05, 0.1) is 19.8 Å². The minimum Gasteiger partial charge on any atom is -0.378 e. The lowest BCUT2D eigenvalue weighted by atomic mass is 10.2. The molecule has 0 aliphatic carbocycles. The van der Waals surface area contributed by atoms with Crippen molar-refractivity contribution >= 4 is 17.3 Å². The van der Waals surface area contributed by atoms with E-state index in [0.29, 0.717) is 12.5 Å². The monoisotopic (exact) mass is 397 g/mol. The van der Waals surface area contributed by atoms with E-state index in [1.165, 1.54) is 17.8 Å². The van der Waals surface area contributed by atoms with Crippen LogP contribution in [0.15, 0.2) is 53.5 Å². The van der Waals surface area contributed by atoms with Crippen molar-refractivity contribution in [2.75, 3.05) is 62.3 Å². The van der Waals surface area contributed by atoms with Crippen molar-refractivity contribution in [1.29, 1.82) is 0 Å². The van der Waals surface area contributed by atoms with Crippen LogP contribution in [-0.4, -0.2) is 63.3 Å². The fraction of sp³-hybridized carbons (Fsp3) is 0.409. The molecule has 6 nitrogen and oxygen atoms in total. The second-order valence-corrected chi connectivity index (χ2v) is 7.39. The molecule has 0 unspecified atom stereocenters. The quantitative estimate of drug-likeness (QED) is 0.634. The molecule has 0 spiro atoms. The highest BCUT2D eigenvalue weighted by Gasteiger charge is 2.18. The standard InChI is InChI=1S/C22H28FN5O/c23-19-3-7-21(8-4-19)26-9-11-28(12-10-26)22(24)25-17-18-1-5-20(6-2-18)27-13-15-29-16-14-27/h1-8H,9-17H2,(H2,24,25). The molecule has 2 N–H and O–H groups in total. The Balaban J connectivity index is 1.28. The van der Waals surface area contributed by atoms with Crippen LogP contribution < -0.4 is 15.5 Å². The molecule has 2 aliphatic rings. The van der Waals surface area contributed by atoms with Gasteiger partial charge in [0.1, 0.15) is 5.82 Å². The number of nitrogens with zero attached hydrogens (tertiary/aromatic N) is 4. The maximum atomic E-state index is 13.1. The molecular formula is C22H28FN5O. The fourth-order valence-corrected chi connectivity index (χ4v) is 3.75. The van der Waals surface area contributed by atoms with Gasteiger partial charge in [-0.3, -0.25) is 0 Å². The zero-order chi connectivity index (χ0) is 20.1. The predicted octanol–water partition coefficient (Wildman–Crippen LogP) is 2.30. The number of hydrogen-bond acceptors (Lipinski definition) is 4. The van der Waals surface area contributed by atoms with E-state index in [4.69, 9.17) is 10.5 Å². The number of anilines is 2. The van der Waals surface area contributed by atoms with Crippen LogP contribution in [0.25, 0.3) is 0 Å². The Labute approximate surface area is 171 Å². The van der Waals surface area contributed by atoms with Crippen LogP contribution in [-0.2, 0) is 11.3 Å². The maximum absolute atomic E-state index is 13.1. The summed E-state index contributed by atoms with van der Waals surface area (Å²) in [5.41, 5.74) is 9.65. The number of hydrogen-bond donors (Lipinski definition) is 1. The van der Waals surface area contributed by atoms with Gasteiger partial charge in [0.15, 0.2) is 5.96 Å². The summed E-state index contributed by atoms with van der Waals surface area (Å²) in [5.74, 6) is 0.378. The summed E-state index contributed by atoms with van der Waals surface area (Å²) in [6, 6.07) is 15.2. The first-order chi connectivity index (χ1) is 14.2. The van der Waals surface area contributed by atoms with Crippen LogP contribution in [0.4, 0.5) is 15.8 Å². The van der Waals surface area contributed by atoms with Gasteiger partial charge in [0.2, 0.25) is 0 Å². The lowest BCUT2D eigenvalue weighted by molar-refractivity contribution is 0.122. The molecule has 2 saturated heterocycles. The molecule has 2 aromatic carbocycles. The van der Waals surface area contributed by atoms with Crippen molar-refractivity contribution in [3.8, 4) is 0 Å². The molecular weight excluding hydrogens is 369 g/mol. The van der Waals surface area contributed by atoms with Gasteiger partial charge < -0.3 is 25.2 Å². The van der Waals surface area contributed by atoms with Gasteiger partial charge in [0.25, 0.3) is 0 Å². The third kappa shape index (κ3) is 4.98. The maximum Gasteiger partial charge on any atom is 0.191 e. The number of aliphatic imine (C=N–C) groups is 1. The topological polar surface area (TPSA) is 57.3 Å². The van der Waals surface area contributed by atoms with Gasteiger partial charge in [-0.25, -0.2) is 9.38 Å². The van der Waals surface area contributed by atoms with Crippen LogP contribution >= 0.6 is 0 Å². The van der Waals surface area contributed by atoms with Crippen LogP contribution in [0, 0.1) is 5.82 Å². The van der Waals surface area contributed by atoms with Gasteiger partial charge in [0, 0.05) is 50.6 Å². The lowest BCUT2D eigenvalue weighted by Crippen LogP contribution is -2.51. The van der Waals surface area contributed by atoms with Crippen LogP contribution in [0.1, 0.15) is 5.56 Å². The Morgan fingerprint density at radius 2 is 1.38 bits per heavy atom. The highest BCUT2D eigenvalue weighted by Crippen LogP contribution is 2.18. The van der Waals surface area contributed by atoms with Gasteiger partial charge in [-0.2, -0.15) is 0 Å². The number of rotatable bonds is 4. The Kier molecular flexibility index (Phi) is 6.14. The van der Waals surface area contributed by atoms with E-state index in [2.05, 4.69) is 44.0 Å². The van der Waals surface area contributed by atoms with Gasteiger partial charge in [-0.15, -0.1) is 0 Å². The molecule has 0 radical (unpaired) electrons. The molecule has 0 bridgehead atoms. The molecule has 2 aliphatic heterocycles. The first kappa shape index (κ1) is 19.5. The molecule has 2 heterocycles. The second kappa shape index (κ2) is 9.13. The van der Waals surface area contributed by atoms with E-state index in [1.54, 1.807) is 0 Å².